The van der Waals surface area contributed by atoms with E-state index in [9.17, 15) is 14.4 Å². The predicted molar refractivity (Wildman–Crippen MR) is 163 cm³/mol. The molecule has 1 aromatic rings. The van der Waals surface area contributed by atoms with Crippen molar-refractivity contribution in [2.75, 3.05) is 6.61 Å². The van der Waals surface area contributed by atoms with Crippen molar-refractivity contribution in [3.05, 3.63) is 70.9 Å². The smallest absolute Gasteiger partial charge is 0.487 e. The molecule has 0 spiro atoms. The minimum Gasteiger partial charge on any atom is -0.487 e. The van der Waals surface area contributed by atoms with Crippen LogP contribution in [0.3, 0.4) is 0 Å². The lowest BCUT2D eigenvalue weighted by molar-refractivity contribution is -0.113. The van der Waals surface area contributed by atoms with Gasteiger partial charge in [0.2, 0.25) is 0 Å². The fourth-order valence-corrected chi connectivity index (χ4v) is 7.90. The number of ketones is 3. The summed E-state index contributed by atoms with van der Waals surface area (Å²) in [6.45, 7) is 12.0. The summed E-state index contributed by atoms with van der Waals surface area (Å²) >= 11 is 0. The van der Waals surface area contributed by atoms with Crippen molar-refractivity contribution in [3.63, 3.8) is 0 Å². The first kappa shape index (κ1) is 34.2. The van der Waals surface area contributed by atoms with E-state index < -0.39 is 8.80 Å². The Balaban J connectivity index is 2.06. The minimum atomic E-state index is -3.58. The fourth-order valence-electron chi connectivity index (χ4n) is 5.25. The Labute approximate surface area is 247 Å². The van der Waals surface area contributed by atoms with Gasteiger partial charge in [0.1, 0.15) is 0 Å². The zero-order valence-corrected chi connectivity index (χ0v) is 26.9. The monoisotopic (exact) mass is 584 g/mol. The molecule has 0 atom stereocenters. The maximum atomic E-state index is 11.7. The predicted octanol–water partition coefficient (Wildman–Crippen LogP) is 7.54. The molecule has 41 heavy (non-hydrogen) atoms. The van der Waals surface area contributed by atoms with Gasteiger partial charge in [0, 0.05) is 24.8 Å². The number of rotatable bonds is 17. The van der Waals surface area contributed by atoms with E-state index in [1.165, 1.54) is 50.1 Å². The normalized spacial score (nSPS) is 19.7. The molecule has 7 nitrogen and oxygen atoms in total. The van der Waals surface area contributed by atoms with E-state index in [1.807, 2.05) is 0 Å². The van der Waals surface area contributed by atoms with Gasteiger partial charge in [0.15, 0.2) is 17.3 Å². The molecule has 0 amide bonds. The minimum absolute atomic E-state index is 0.173. The number of carbonyl (C=O) groups excluding carboxylic acids is 3. The molecule has 0 unspecified atom stereocenters. The van der Waals surface area contributed by atoms with E-state index in [4.69, 9.17) is 18.0 Å². The lowest BCUT2D eigenvalue weighted by Gasteiger charge is -2.32. The van der Waals surface area contributed by atoms with Crippen molar-refractivity contribution in [1.29, 1.82) is 0 Å². The van der Waals surface area contributed by atoms with Crippen LogP contribution in [0.2, 0.25) is 6.04 Å². The van der Waals surface area contributed by atoms with Crippen molar-refractivity contribution in [1.82, 2.24) is 0 Å². The Hall–Kier alpha value is -2.97. The first-order valence-electron chi connectivity index (χ1n) is 14.8. The molecular weight excluding hydrogens is 536 g/mol. The number of hydrogen-bond acceptors (Lipinski definition) is 7. The molecule has 0 radical (unpaired) electrons. The van der Waals surface area contributed by atoms with Gasteiger partial charge in [-0.15, -0.1) is 0 Å². The van der Waals surface area contributed by atoms with Gasteiger partial charge in [-0.1, -0.05) is 37.6 Å². The number of aryl methyl sites for hydroxylation is 1. The van der Waals surface area contributed by atoms with Crippen LogP contribution in [0, 0.1) is 0 Å². The largest absolute Gasteiger partial charge is 0.698 e. The Morgan fingerprint density at radius 3 is 1.63 bits per heavy atom. The second-order valence-corrected chi connectivity index (χ2v) is 13.5. The molecule has 0 aromatic heterocycles. The highest BCUT2D eigenvalue weighted by molar-refractivity contribution is 6.61. The summed E-state index contributed by atoms with van der Waals surface area (Å²) in [6, 6.07) is 9.46. The van der Waals surface area contributed by atoms with Gasteiger partial charge in [-0.25, -0.2) is 0 Å². The highest BCUT2D eigenvalue weighted by Crippen LogP contribution is 2.34. The van der Waals surface area contributed by atoms with E-state index in [-0.39, 0.29) is 23.5 Å². The molecule has 0 N–H and O–H groups in total. The van der Waals surface area contributed by atoms with Crippen LogP contribution in [0.15, 0.2) is 59.8 Å². The van der Waals surface area contributed by atoms with Gasteiger partial charge in [0.25, 0.3) is 0 Å². The molecular formula is C33H48O7Si. The molecule has 1 aromatic carbocycles. The van der Waals surface area contributed by atoms with Gasteiger partial charge < -0.3 is 18.0 Å². The summed E-state index contributed by atoms with van der Waals surface area (Å²) in [5, 5.41) is 0. The zero-order valence-electron chi connectivity index (χ0n) is 25.9. The molecule has 226 valence electrons. The van der Waals surface area contributed by atoms with Crippen molar-refractivity contribution >= 4 is 26.2 Å². The first-order valence-corrected chi connectivity index (χ1v) is 16.7. The van der Waals surface area contributed by atoms with Crippen LogP contribution < -0.4 is 0 Å². The van der Waals surface area contributed by atoms with Gasteiger partial charge >= 0.3 is 8.80 Å². The van der Waals surface area contributed by atoms with Crippen LogP contribution in [0.5, 0.6) is 0 Å². The molecule has 0 heterocycles. The van der Waals surface area contributed by atoms with E-state index in [0.29, 0.717) is 42.3 Å². The summed E-state index contributed by atoms with van der Waals surface area (Å²) < 4.78 is 24.9. The first-order chi connectivity index (χ1) is 19.4. The maximum absolute atomic E-state index is 11.7. The molecule has 0 saturated heterocycles. The number of carbonyl (C=O) groups is 3. The standard InChI is InChI=1S/C33H48O7Si/c1-8-10-30-11-13-31(14-12-30)32-15-17-33(18-16-32)37-19-9-20-41(38-27(5)21-24(2)34,39-28(6)22-25(3)35)40-29(7)23-26(4)36/h11-14,21-23,32-33H,8-10,15-20H2,1-7H3. The number of allylic oxidation sites excluding steroid dienone is 6. The van der Waals surface area contributed by atoms with Crippen molar-refractivity contribution in [3.8, 4) is 0 Å². The SMILES string of the molecule is CCCc1ccc(C2CCC(OCCC[Si](OC(C)=CC(C)=O)(OC(C)=CC(C)=O)OC(C)=CC(C)=O)CC2)cc1. The van der Waals surface area contributed by atoms with Crippen LogP contribution in [0.4, 0.5) is 0 Å². The molecule has 1 aliphatic carbocycles. The molecule has 0 aliphatic heterocycles. The van der Waals surface area contributed by atoms with E-state index in [2.05, 4.69) is 31.2 Å². The number of ether oxygens (including phenoxy) is 1. The maximum Gasteiger partial charge on any atom is 0.698 e. The summed E-state index contributed by atoms with van der Waals surface area (Å²) in [6.07, 6.45) is 11.4. The Morgan fingerprint density at radius 2 is 1.22 bits per heavy atom. The molecule has 1 saturated carbocycles. The Morgan fingerprint density at radius 1 is 0.756 bits per heavy atom. The summed E-state index contributed by atoms with van der Waals surface area (Å²) in [5.74, 6) is 1.09. The quantitative estimate of drug-likeness (QED) is 0.0809. The molecule has 2 rings (SSSR count). The van der Waals surface area contributed by atoms with Crippen LogP contribution in [0.25, 0.3) is 0 Å². The molecule has 1 fully saturated rings. The average Bonchev–Trinajstić information content (AvgIpc) is 2.86. The van der Waals surface area contributed by atoms with E-state index in [1.54, 1.807) is 20.8 Å². The lowest BCUT2D eigenvalue weighted by atomic mass is 9.82. The van der Waals surface area contributed by atoms with Crippen molar-refractivity contribution < 1.29 is 32.4 Å². The number of hydrogen-bond donors (Lipinski definition) is 0. The third-order valence-electron chi connectivity index (χ3n) is 6.81. The van der Waals surface area contributed by atoms with Gasteiger partial charge in [-0.05, 0) is 97.1 Å². The number of benzene rings is 1. The third kappa shape index (κ3) is 13.0. The highest BCUT2D eigenvalue weighted by atomic mass is 28.4. The van der Waals surface area contributed by atoms with Crippen LogP contribution in [0.1, 0.15) is 104 Å². The van der Waals surface area contributed by atoms with Crippen LogP contribution in [-0.2, 0) is 38.8 Å². The van der Waals surface area contributed by atoms with Crippen LogP contribution >= 0.6 is 0 Å². The second kappa shape index (κ2) is 17.1. The Kier molecular flexibility index (Phi) is 14.3. The average molecular weight is 585 g/mol. The highest BCUT2D eigenvalue weighted by Gasteiger charge is 2.49. The van der Waals surface area contributed by atoms with Gasteiger partial charge in [-0.3, -0.25) is 14.4 Å². The molecule has 0 bridgehead atoms. The van der Waals surface area contributed by atoms with Gasteiger partial charge in [-0.2, -0.15) is 0 Å². The van der Waals surface area contributed by atoms with Gasteiger partial charge in [0.05, 0.1) is 29.4 Å². The zero-order chi connectivity index (χ0) is 30.4. The van der Waals surface area contributed by atoms with Crippen LogP contribution in [-0.4, -0.2) is 38.9 Å². The van der Waals surface area contributed by atoms with E-state index >= 15 is 0 Å². The second-order valence-electron chi connectivity index (χ2n) is 11.0. The third-order valence-corrected chi connectivity index (χ3v) is 9.68. The molecule has 8 heteroatoms. The molecule has 1 aliphatic rings. The Bertz CT molecular complexity index is 1030. The van der Waals surface area contributed by atoms with E-state index in [0.717, 1.165) is 38.5 Å². The fraction of sp³-hybridized carbons (Fsp3) is 0.545. The summed E-state index contributed by atoms with van der Waals surface area (Å²) in [7, 11) is -3.58. The topological polar surface area (TPSA) is 88.1 Å². The van der Waals surface area contributed by atoms with Crippen molar-refractivity contribution in [2.45, 2.75) is 111 Å². The summed E-state index contributed by atoms with van der Waals surface area (Å²) in [4.78, 5) is 35.1. The lowest BCUT2D eigenvalue weighted by Crippen LogP contribution is -2.45. The summed E-state index contributed by atoms with van der Waals surface area (Å²) in [5.41, 5.74) is 2.82. The van der Waals surface area contributed by atoms with Crippen molar-refractivity contribution in [2.24, 2.45) is 0 Å².